The van der Waals surface area contributed by atoms with Gasteiger partial charge in [-0.25, -0.2) is 4.98 Å². The molecule has 0 bridgehead atoms. The summed E-state index contributed by atoms with van der Waals surface area (Å²) in [5.74, 6) is 0.678. The second-order valence-corrected chi connectivity index (χ2v) is 5.00. The van der Waals surface area contributed by atoms with Crippen LogP contribution in [-0.2, 0) is 13.0 Å². The predicted octanol–water partition coefficient (Wildman–Crippen LogP) is 2.59. The van der Waals surface area contributed by atoms with Gasteiger partial charge >= 0.3 is 0 Å². The van der Waals surface area contributed by atoms with E-state index in [1.807, 2.05) is 12.1 Å². The van der Waals surface area contributed by atoms with E-state index in [0.29, 0.717) is 12.4 Å². The second-order valence-electron chi connectivity index (χ2n) is 5.00. The quantitative estimate of drug-likeness (QED) is 0.782. The Balaban J connectivity index is 2.00. The lowest BCUT2D eigenvalue weighted by Crippen LogP contribution is -2.04. The van der Waals surface area contributed by atoms with Crippen LogP contribution in [0.3, 0.4) is 0 Å². The van der Waals surface area contributed by atoms with Gasteiger partial charge in [-0.2, -0.15) is 0 Å². The maximum Gasteiger partial charge on any atom is 0.218 e. The molecular formula is C17H19N3O. The Kier molecular flexibility index (Phi) is 3.88. The first-order chi connectivity index (χ1) is 10.3. The van der Waals surface area contributed by atoms with Crippen molar-refractivity contribution in [3.05, 3.63) is 59.9 Å². The highest BCUT2D eigenvalue weighted by Crippen LogP contribution is 2.23. The van der Waals surface area contributed by atoms with Gasteiger partial charge in [-0.05, 0) is 36.7 Å². The Bertz CT molecular complexity index is 749. The SMILES string of the molecule is COc1ncccc1Cn1ccc2c(CCN)cccc21. The molecule has 4 heteroatoms. The van der Waals surface area contributed by atoms with Crippen LogP contribution in [0.25, 0.3) is 10.9 Å². The van der Waals surface area contributed by atoms with Crippen molar-refractivity contribution in [2.75, 3.05) is 13.7 Å². The Hall–Kier alpha value is -2.33. The molecule has 3 rings (SSSR count). The summed E-state index contributed by atoms with van der Waals surface area (Å²) in [4.78, 5) is 4.25. The molecule has 0 aliphatic rings. The molecule has 2 heterocycles. The van der Waals surface area contributed by atoms with Crippen LogP contribution in [0, 0.1) is 0 Å². The highest BCUT2D eigenvalue weighted by atomic mass is 16.5. The molecule has 2 N–H and O–H groups in total. The van der Waals surface area contributed by atoms with Gasteiger partial charge in [-0.3, -0.25) is 0 Å². The number of nitrogens with two attached hydrogens (primary N) is 1. The molecule has 0 saturated heterocycles. The molecule has 21 heavy (non-hydrogen) atoms. The molecule has 0 amide bonds. The summed E-state index contributed by atoms with van der Waals surface area (Å²) in [6.07, 6.45) is 4.75. The zero-order valence-corrected chi connectivity index (χ0v) is 12.1. The minimum absolute atomic E-state index is 0.667. The molecule has 0 saturated carbocycles. The number of ether oxygens (including phenoxy) is 1. The van der Waals surface area contributed by atoms with Crippen molar-refractivity contribution in [2.24, 2.45) is 5.73 Å². The lowest BCUT2D eigenvalue weighted by Gasteiger charge is -2.10. The third kappa shape index (κ3) is 2.62. The average molecular weight is 281 g/mol. The number of hydrogen-bond acceptors (Lipinski definition) is 3. The van der Waals surface area contributed by atoms with E-state index in [1.165, 1.54) is 16.5 Å². The van der Waals surface area contributed by atoms with Crippen molar-refractivity contribution in [2.45, 2.75) is 13.0 Å². The fraction of sp³-hybridized carbons (Fsp3) is 0.235. The molecular weight excluding hydrogens is 262 g/mol. The Morgan fingerprint density at radius 1 is 1.14 bits per heavy atom. The molecule has 4 nitrogen and oxygen atoms in total. The van der Waals surface area contributed by atoms with Crippen LogP contribution in [0.5, 0.6) is 5.88 Å². The Morgan fingerprint density at radius 3 is 2.81 bits per heavy atom. The maximum atomic E-state index is 5.69. The van der Waals surface area contributed by atoms with Crippen LogP contribution < -0.4 is 10.5 Å². The van der Waals surface area contributed by atoms with Gasteiger partial charge in [0, 0.05) is 28.9 Å². The molecule has 0 fully saturated rings. The molecule has 0 aliphatic heterocycles. The number of methoxy groups -OCH3 is 1. The highest BCUT2D eigenvalue weighted by molar-refractivity contribution is 5.83. The van der Waals surface area contributed by atoms with E-state index in [1.54, 1.807) is 13.3 Å². The number of benzene rings is 1. The number of hydrogen-bond donors (Lipinski definition) is 1. The van der Waals surface area contributed by atoms with E-state index in [9.17, 15) is 0 Å². The summed E-state index contributed by atoms with van der Waals surface area (Å²) < 4.78 is 7.54. The zero-order chi connectivity index (χ0) is 14.7. The standard InChI is InChI=1S/C17H19N3O/c1-21-17-14(5-3-10-19-17)12-20-11-8-15-13(7-9-18)4-2-6-16(15)20/h2-6,8,10-11H,7,9,12,18H2,1H3. The van der Waals surface area contributed by atoms with Crippen molar-refractivity contribution in [1.82, 2.24) is 9.55 Å². The van der Waals surface area contributed by atoms with E-state index in [0.717, 1.165) is 18.5 Å². The minimum Gasteiger partial charge on any atom is -0.481 e. The normalized spacial score (nSPS) is 11.0. The lowest BCUT2D eigenvalue weighted by atomic mass is 10.1. The highest BCUT2D eigenvalue weighted by Gasteiger charge is 2.08. The van der Waals surface area contributed by atoms with Crippen molar-refractivity contribution < 1.29 is 4.74 Å². The van der Waals surface area contributed by atoms with Crippen molar-refractivity contribution >= 4 is 10.9 Å². The van der Waals surface area contributed by atoms with Gasteiger partial charge in [0.05, 0.1) is 13.7 Å². The lowest BCUT2D eigenvalue weighted by molar-refractivity contribution is 0.391. The summed E-state index contributed by atoms with van der Waals surface area (Å²) in [7, 11) is 1.65. The van der Waals surface area contributed by atoms with Gasteiger partial charge in [-0.15, -0.1) is 0 Å². The molecule has 108 valence electrons. The largest absolute Gasteiger partial charge is 0.481 e. The fourth-order valence-corrected chi connectivity index (χ4v) is 2.71. The third-order valence-electron chi connectivity index (χ3n) is 3.70. The first-order valence-electron chi connectivity index (χ1n) is 7.08. The van der Waals surface area contributed by atoms with Gasteiger partial charge < -0.3 is 15.0 Å². The molecule has 0 radical (unpaired) electrons. The van der Waals surface area contributed by atoms with Crippen LogP contribution in [0.2, 0.25) is 0 Å². The van der Waals surface area contributed by atoms with E-state index < -0.39 is 0 Å². The van der Waals surface area contributed by atoms with Gasteiger partial charge in [0.25, 0.3) is 0 Å². The molecule has 1 aromatic carbocycles. The number of fused-ring (bicyclic) bond motifs is 1. The van der Waals surface area contributed by atoms with Crippen LogP contribution >= 0.6 is 0 Å². The van der Waals surface area contributed by atoms with Gasteiger partial charge in [0.15, 0.2) is 0 Å². The molecule has 0 atom stereocenters. The molecule has 0 unspecified atom stereocenters. The third-order valence-corrected chi connectivity index (χ3v) is 3.70. The summed E-state index contributed by atoms with van der Waals surface area (Å²) in [5, 5.41) is 1.27. The monoisotopic (exact) mass is 281 g/mol. The van der Waals surface area contributed by atoms with E-state index in [2.05, 4.69) is 40.0 Å². The Morgan fingerprint density at radius 2 is 2.00 bits per heavy atom. The number of nitrogens with zero attached hydrogens (tertiary/aromatic N) is 2. The summed E-state index contributed by atoms with van der Waals surface area (Å²) in [6, 6.07) is 12.5. The summed E-state index contributed by atoms with van der Waals surface area (Å²) >= 11 is 0. The molecule has 0 spiro atoms. The first-order valence-corrected chi connectivity index (χ1v) is 7.08. The van der Waals surface area contributed by atoms with Crippen LogP contribution in [0.1, 0.15) is 11.1 Å². The predicted molar refractivity (Wildman–Crippen MR) is 84.6 cm³/mol. The molecule has 2 aromatic heterocycles. The van der Waals surface area contributed by atoms with E-state index in [-0.39, 0.29) is 0 Å². The number of rotatable bonds is 5. The van der Waals surface area contributed by atoms with Crippen molar-refractivity contribution in [3.8, 4) is 5.88 Å². The molecule has 3 aromatic rings. The van der Waals surface area contributed by atoms with Gasteiger partial charge in [0.1, 0.15) is 0 Å². The zero-order valence-electron chi connectivity index (χ0n) is 12.1. The topological polar surface area (TPSA) is 53.1 Å². The Labute approximate surface area is 124 Å². The number of aromatic nitrogens is 2. The summed E-state index contributed by atoms with van der Waals surface area (Å²) in [5.41, 5.74) is 9.27. The minimum atomic E-state index is 0.667. The fourth-order valence-electron chi connectivity index (χ4n) is 2.71. The van der Waals surface area contributed by atoms with Crippen LogP contribution in [0.15, 0.2) is 48.8 Å². The van der Waals surface area contributed by atoms with Gasteiger partial charge in [0.2, 0.25) is 5.88 Å². The van der Waals surface area contributed by atoms with Crippen LogP contribution in [0.4, 0.5) is 0 Å². The van der Waals surface area contributed by atoms with Crippen molar-refractivity contribution in [3.63, 3.8) is 0 Å². The van der Waals surface area contributed by atoms with E-state index >= 15 is 0 Å². The van der Waals surface area contributed by atoms with E-state index in [4.69, 9.17) is 10.5 Å². The van der Waals surface area contributed by atoms with Crippen LogP contribution in [-0.4, -0.2) is 23.2 Å². The molecule has 0 aliphatic carbocycles. The van der Waals surface area contributed by atoms with Crippen molar-refractivity contribution in [1.29, 1.82) is 0 Å². The smallest absolute Gasteiger partial charge is 0.218 e. The van der Waals surface area contributed by atoms with Gasteiger partial charge in [-0.1, -0.05) is 18.2 Å². The second kappa shape index (κ2) is 5.97. The number of pyridine rings is 1. The first kappa shape index (κ1) is 13.6. The maximum absolute atomic E-state index is 5.69. The summed E-state index contributed by atoms with van der Waals surface area (Å²) in [6.45, 7) is 1.41. The average Bonchev–Trinajstić information content (AvgIpc) is 2.92.